The van der Waals surface area contributed by atoms with E-state index in [1.54, 1.807) is 11.3 Å². The normalized spacial score (nSPS) is 12.8. The van der Waals surface area contributed by atoms with E-state index in [1.807, 2.05) is 0 Å². The first-order chi connectivity index (χ1) is 8.84. The van der Waals surface area contributed by atoms with E-state index in [0.717, 1.165) is 3.79 Å². The summed E-state index contributed by atoms with van der Waals surface area (Å²) in [6.07, 6.45) is 0. The Labute approximate surface area is 132 Å². The second-order valence-corrected chi connectivity index (χ2v) is 7.97. The summed E-state index contributed by atoms with van der Waals surface area (Å²) in [5.74, 6) is 0. The van der Waals surface area contributed by atoms with Gasteiger partial charge < -0.3 is 0 Å². The maximum atomic E-state index is 6.74. The van der Waals surface area contributed by atoms with Crippen LogP contribution in [0.25, 0.3) is 0 Å². The molecule has 3 heteroatoms. The van der Waals surface area contributed by atoms with Crippen LogP contribution in [0.5, 0.6) is 0 Å². The highest BCUT2D eigenvalue weighted by Gasteiger charge is 2.21. The molecule has 0 fully saturated rings. The maximum absolute atomic E-state index is 6.74. The van der Waals surface area contributed by atoms with Crippen molar-refractivity contribution >= 4 is 38.9 Å². The molecule has 0 nitrogen and oxygen atoms in total. The molecule has 0 aliphatic rings. The van der Waals surface area contributed by atoms with Gasteiger partial charge in [-0.3, -0.25) is 0 Å². The van der Waals surface area contributed by atoms with Crippen LogP contribution >= 0.6 is 38.9 Å². The van der Waals surface area contributed by atoms with Crippen molar-refractivity contribution in [2.24, 2.45) is 0 Å². The summed E-state index contributed by atoms with van der Waals surface area (Å²) in [5.41, 5.74) is 8.03. The van der Waals surface area contributed by atoms with Crippen molar-refractivity contribution in [3.63, 3.8) is 0 Å². The van der Waals surface area contributed by atoms with Crippen LogP contribution in [-0.4, -0.2) is 0 Å². The zero-order chi connectivity index (χ0) is 14.3. The minimum Gasteiger partial charge on any atom is -0.131 e. The van der Waals surface area contributed by atoms with E-state index >= 15 is 0 Å². The molecule has 1 aromatic heterocycles. The van der Waals surface area contributed by atoms with E-state index in [9.17, 15) is 0 Å². The molecule has 0 amide bonds. The van der Waals surface area contributed by atoms with Gasteiger partial charge in [-0.05, 0) is 96.1 Å². The first-order valence-corrected chi connectivity index (χ1v) is 8.35. The Kier molecular flexibility index (Phi) is 4.44. The van der Waals surface area contributed by atoms with E-state index in [1.165, 1.54) is 38.3 Å². The Bertz CT molecular complexity index is 599. The van der Waals surface area contributed by atoms with Crippen LogP contribution in [-0.2, 0) is 0 Å². The molecule has 0 aliphatic carbocycles. The first-order valence-electron chi connectivity index (χ1n) is 6.30. The quantitative estimate of drug-likeness (QED) is 0.547. The van der Waals surface area contributed by atoms with E-state index in [4.69, 9.17) is 11.6 Å². The molecule has 2 aromatic rings. The van der Waals surface area contributed by atoms with Crippen molar-refractivity contribution in [2.45, 2.75) is 40.0 Å². The van der Waals surface area contributed by atoms with Gasteiger partial charge in [-0.2, -0.15) is 0 Å². The van der Waals surface area contributed by atoms with Gasteiger partial charge >= 0.3 is 0 Å². The minimum atomic E-state index is -0.0608. The summed E-state index contributed by atoms with van der Waals surface area (Å²) in [6.45, 7) is 10.9. The van der Waals surface area contributed by atoms with Gasteiger partial charge in [0.15, 0.2) is 0 Å². The van der Waals surface area contributed by atoms with Gasteiger partial charge in [0.2, 0.25) is 0 Å². The van der Waals surface area contributed by atoms with Gasteiger partial charge in [0, 0.05) is 4.88 Å². The summed E-state index contributed by atoms with van der Waals surface area (Å²) in [6, 6.07) is 4.17. The molecule has 0 N–H and O–H groups in total. The Hall–Kier alpha value is -0.310. The van der Waals surface area contributed by atoms with Gasteiger partial charge in [0.1, 0.15) is 0 Å². The first kappa shape index (κ1) is 15.1. The molecule has 1 aromatic carbocycles. The SMILES string of the molecule is Cc1c(C)c(C)c(C(Cl)c2ccc(Br)s2)c(C)c1C. The van der Waals surface area contributed by atoms with Crippen molar-refractivity contribution < 1.29 is 0 Å². The highest BCUT2D eigenvalue weighted by atomic mass is 79.9. The monoisotopic (exact) mass is 356 g/mol. The largest absolute Gasteiger partial charge is 0.131 e. The van der Waals surface area contributed by atoms with E-state index < -0.39 is 0 Å². The zero-order valence-electron chi connectivity index (χ0n) is 11.9. The highest BCUT2D eigenvalue weighted by molar-refractivity contribution is 9.11. The second-order valence-electron chi connectivity index (χ2n) is 5.04. The molecule has 0 saturated heterocycles. The summed E-state index contributed by atoms with van der Waals surface area (Å²) in [5, 5.41) is -0.0608. The Morgan fingerprint density at radius 1 is 0.895 bits per heavy atom. The van der Waals surface area contributed by atoms with Crippen LogP contribution in [0.1, 0.15) is 43.6 Å². The lowest BCUT2D eigenvalue weighted by atomic mass is 9.88. The van der Waals surface area contributed by atoms with Crippen LogP contribution in [0.4, 0.5) is 0 Å². The van der Waals surface area contributed by atoms with Crippen molar-refractivity contribution in [3.8, 4) is 0 Å². The summed E-state index contributed by atoms with van der Waals surface area (Å²) < 4.78 is 1.13. The topological polar surface area (TPSA) is 0 Å². The smallest absolute Gasteiger partial charge is 0.0933 e. The number of thiophene rings is 1. The van der Waals surface area contributed by atoms with Crippen molar-refractivity contribution in [3.05, 3.63) is 54.2 Å². The van der Waals surface area contributed by atoms with Crippen LogP contribution in [0, 0.1) is 34.6 Å². The van der Waals surface area contributed by atoms with Crippen molar-refractivity contribution in [1.29, 1.82) is 0 Å². The number of rotatable bonds is 2. The second kappa shape index (κ2) is 5.59. The zero-order valence-corrected chi connectivity index (χ0v) is 15.1. The van der Waals surface area contributed by atoms with Crippen LogP contribution in [0.3, 0.4) is 0 Å². The summed E-state index contributed by atoms with van der Waals surface area (Å²) >= 11 is 12.0. The molecule has 1 atom stereocenters. The molecule has 0 aliphatic heterocycles. The van der Waals surface area contributed by atoms with E-state index in [-0.39, 0.29) is 5.38 Å². The number of hydrogen-bond acceptors (Lipinski definition) is 1. The standard InChI is InChI=1S/C16H18BrClS/c1-8-9(2)11(4)15(12(5)10(8)3)16(18)13-6-7-14(17)19-13/h6-7,16H,1-5H3. The average Bonchev–Trinajstić information content (AvgIpc) is 2.81. The fourth-order valence-electron chi connectivity index (χ4n) is 2.52. The highest BCUT2D eigenvalue weighted by Crippen LogP contribution is 2.40. The number of benzene rings is 1. The molecule has 0 radical (unpaired) electrons. The molecule has 102 valence electrons. The predicted octanol–water partition coefficient (Wildman–Crippen LogP) is 6.38. The summed E-state index contributed by atoms with van der Waals surface area (Å²) in [7, 11) is 0. The lowest BCUT2D eigenvalue weighted by Crippen LogP contribution is -2.05. The van der Waals surface area contributed by atoms with Gasteiger partial charge in [0.25, 0.3) is 0 Å². The van der Waals surface area contributed by atoms with E-state index in [2.05, 4.69) is 62.7 Å². The molecule has 2 rings (SSSR count). The maximum Gasteiger partial charge on any atom is 0.0933 e. The Morgan fingerprint density at radius 2 is 1.37 bits per heavy atom. The Balaban J connectivity index is 2.63. The molecule has 1 heterocycles. The van der Waals surface area contributed by atoms with E-state index in [0.29, 0.717) is 0 Å². The van der Waals surface area contributed by atoms with Gasteiger partial charge in [-0.15, -0.1) is 22.9 Å². The molecular weight excluding hydrogens is 340 g/mol. The van der Waals surface area contributed by atoms with Gasteiger partial charge in [-0.1, -0.05) is 0 Å². The third-order valence-electron chi connectivity index (χ3n) is 4.16. The van der Waals surface area contributed by atoms with Crippen molar-refractivity contribution in [2.75, 3.05) is 0 Å². The third kappa shape index (κ3) is 2.63. The number of hydrogen-bond donors (Lipinski definition) is 0. The molecule has 0 saturated carbocycles. The van der Waals surface area contributed by atoms with Crippen LogP contribution in [0.2, 0.25) is 0 Å². The number of alkyl halides is 1. The molecular formula is C16H18BrClS. The van der Waals surface area contributed by atoms with Gasteiger partial charge in [0.05, 0.1) is 9.16 Å². The molecule has 0 spiro atoms. The fourth-order valence-corrected chi connectivity index (χ4v) is 4.46. The van der Waals surface area contributed by atoms with Crippen LogP contribution < -0.4 is 0 Å². The lowest BCUT2D eigenvalue weighted by Gasteiger charge is -2.21. The Morgan fingerprint density at radius 3 is 1.79 bits per heavy atom. The molecule has 1 unspecified atom stereocenters. The summed E-state index contributed by atoms with van der Waals surface area (Å²) in [4.78, 5) is 1.20. The average molecular weight is 358 g/mol. The van der Waals surface area contributed by atoms with Crippen LogP contribution in [0.15, 0.2) is 15.9 Å². The molecule has 19 heavy (non-hydrogen) atoms. The van der Waals surface area contributed by atoms with Crippen molar-refractivity contribution in [1.82, 2.24) is 0 Å². The van der Waals surface area contributed by atoms with Gasteiger partial charge in [-0.25, -0.2) is 0 Å². The minimum absolute atomic E-state index is 0.0608. The number of halogens is 2. The lowest BCUT2D eigenvalue weighted by molar-refractivity contribution is 1.05. The fraction of sp³-hybridized carbons (Fsp3) is 0.375. The predicted molar refractivity (Wildman–Crippen MR) is 89.8 cm³/mol. The third-order valence-corrected chi connectivity index (χ3v) is 6.43. The molecule has 0 bridgehead atoms.